The molecule has 2 amide bonds. The third kappa shape index (κ3) is 4.78. The number of carbonyl (C=O) groups is 2. The van der Waals surface area contributed by atoms with Crippen molar-refractivity contribution < 1.29 is 9.59 Å². The van der Waals surface area contributed by atoms with Crippen LogP contribution in [0.15, 0.2) is 66.7 Å². The molecule has 2 aliphatic rings. The van der Waals surface area contributed by atoms with Crippen LogP contribution in [-0.4, -0.2) is 33.9 Å². The Kier molecular flexibility index (Phi) is 7.25. The molecule has 202 valence electrons. The topological polar surface area (TPSA) is 54.3 Å². The van der Waals surface area contributed by atoms with Crippen LogP contribution >= 0.6 is 22.9 Å². The van der Waals surface area contributed by atoms with Gasteiger partial charge in [-0.1, -0.05) is 80.3 Å². The van der Waals surface area contributed by atoms with E-state index in [0.717, 1.165) is 53.4 Å². The standard InChI is InChI=1S/C32H34ClN3O2S/c1-2-26-19-27-29(39-26)20-28-30(37)36(18-17-22-13-15-24(33)16-14-22)32(21-35(27)28,23-9-5-3-6-10-23)31(38)34-25-11-7-4-8-12-25/h3,5-6,9-10,13-16,19-20,25H,2,4,7-8,11-12,17-18,21H2,1H3,(H,34,38). The van der Waals surface area contributed by atoms with Crippen LogP contribution in [0.1, 0.15) is 65.5 Å². The molecule has 1 atom stereocenters. The van der Waals surface area contributed by atoms with E-state index in [4.69, 9.17) is 11.6 Å². The van der Waals surface area contributed by atoms with Gasteiger partial charge in [0.2, 0.25) is 0 Å². The molecule has 2 aromatic carbocycles. The average Bonchev–Trinajstić information content (AvgIpc) is 3.52. The van der Waals surface area contributed by atoms with Gasteiger partial charge in [0.25, 0.3) is 11.8 Å². The third-order valence-corrected chi connectivity index (χ3v) is 9.87. The predicted octanol–water partition coefficient (Wildman–Crippen LogP) is 6.96. The molecule has 0 saturated heterocycles. The van der Waals surface area contributed by atoms with E-state index >= 15 is 0 Å². The number of nitrogens with one attached hydrogen (secondary N) is 1. The van der Waals surface area contributed by atoms with Crippen LogP contribution in [0.5, 0.6) is 0 Å². The van der Waals surface area contributed by atoms with Crippen LogP contribution in [0.3, 0.4) is 0 Å². The van der Waals surface area contributed by atoms with Gasteiger partial charge in [-0.25, -0.2) is 0 Å². The minimum absolute atomic E-state index is 0.0801. The fourth-order valence-electron chi connectivity index (χ4n) is 6.26. The second-order valence-corrected chi connectivity index (χ2v) is 12.4. The number of hydrogen-bond acceptors (Lipinski definition) is 3. The molecule has 4 aromatic rings. The lowest BCUT2D eigenvalue weighted by atomic mass is 9.83. The summed E-state index contributed by atoms with van der Waals surface area (Å²) in [5.41, 5.74) is 2.48. The fourth-order valence-corrected chi connectivity index (χ4v) is 7.43. The van der Waals surface area contributed by atoms with Crippen molar-refractivity contribution in [3.8, 4) is 0 Å². The van der Waals surface area contributed by atoms with Crippen LogP contribution in [0, 0.1) is 0 Å². The molecular formula is C32H34ClN3O2S. The van der Waals surface area contributed by atoms with Gasteiger partial charge in [0.05, 0.1) is 16.8 Å². The van der Waals surface area contributed by atoms with Gasteiger partial charge < -0.3 is 14.8 Å². The van der Waals surface area contributed by atoms with Gasteiger partial charge >= 0.3 is 0 Å². The average molecular weight is 560 g/mol. The second kappa shape index (κ2) is 10.8. The lowest BCUT2D eigenvalue weighted by molar-refractivity contribution is -0.135. The Labute approximate surface area is 238 Å². The van der Waals surface area contributed by atoms with Crippen molar-refractivity contribution in [2.45, 2.75) is 70.0 Å². The highest BCUT2D eigenvalue weighted by Crippen LogP contribution is 2.41. The molecule has 6 rings (SSSR count). The number of aromatic nitrogens is 1. The maximum atomic E-state index is 14.6. The van der Waals surface area contributed by atoms with Gasteiger partial charge in [-0.05, 0) is 61.1 Å². The van der Waals surface area contributed by atoms with Gasteiger partial charge in [0.1, 0.15) is 5.69 Å². The maximum absolute atomic E-state index is 14.6. The lowest BCUT2D eigenvalue weighted by Gasteiger charge is -2.47. The molecular weight excluding hydrogens is 526 g/mol. The maximum Gasteiger partial charge on any atom is 0.271 e. The number of hydrogen-bond donors (Lipinski definition) is 1. The van der Waals surface area contributed by atoms with Crippen molar-refractivity contribution >= 4 is 45.0 Å². The summed E-state index contributed by atoms with van der Waals surface area (Å²) in [7, 11) is 0. The van der Waals surface area contributed by atoms with E-state index in [1.54, 1.807) is 11.3 Å². The summed E-state index contributed by atoms with van der Waals surface area (Å²) in [5.74, 6) is -0.178. The Balaban J connectivity index is 1.48. The van der Waals surface area contributed by atoms with E-state index in [2.05, 4.69) is 22.9 Å². The summed E-state index contributed by atoms with van der Waals surface area (Å²) < 4.78 is 3.20. The molecule has 0 bridgehead atoms. The van der Waals surface area contributed by atoms with Crippen LogP contribution in [-0.2, 0) is 29.7 Å². The first-order valence-electron chi connectivity index (χ1n) is 14.0. The van der Waals surface area contributed by atoms with Crippen LogP contribution in [0.4, 0.5) is 0 Å². The van der Waals surface area contributed by atoms with Gasteiger partial charge in [-0.2, -0.15) is 0 Å². The number of halogens is 1. The monoisotopic (exact) mass is 559 g/mol. The predicted molar refractivity (Wildman–Crippen MR) is 159 cm³/mol. The molecule has 1 aliphatic carbocycles. The highest BCUT2D eigenvalue weighted by molar-refractivity contribution is 7.19. The second-order valence-electron chi connectivity index (χ2n) is 10.8. The number of thiophene rings is 1. The quantitative estimate of drug-likeness (QED) is 0.266. The van der Waals surface area contributed by atoms with E-state index < -0.39 is 5.54 Å². The summed E-state index contributed by atoms with van der Waals surface area (Å²) in [4.78, 5) is 32.1. The Morgan fingerprint density at radius 2 is 1.79 bits per heavy atom. The minimum atomic E-state index is -1.16. The van der Waals surface area contributed by atoms with Gasteiger partial charge in [0.15, 0.2) is 5.54 Å². The molecule has 0 spiro atoms. The highest BCUT2D eigenvalue weighted by Gasteiger charge is 2.52. The Morgan fingerprint density at radius 1 is 1.05 bits per heavy atom. The molecule has 1 N–H and O–H groups in total. The summed E-state index contributed by atoms with van der Waals surface area (Å²) in [5, 5.41) is 4.09. The first-order chi connectivity index (χ1) is 19.0. The molecule has 1 saturated carbocycles. The van der Waals surface area contributed by atoms with E-state index in [1.807, 2.05) is 65.6 Å². The normalized spacial score (nSPS) is 19.8. The summed E-state index contributed by atoms with van der Waals surface area (Å²) in [6.07, 6.45) is 7.01. The smallest absolute Gasteiger partial charge is 0.271 e. The lowest BCUT2D eigenvalue weighted by Crippen LogP contribution is -2.64. The zero-order chi connectivity index (χ0) is 27.0. The van der Waals surface area contributed by atoms with Crippen LogP contribution in [0.2, 0.25) is 5.02 Å². The molecule has 1 unspecified atom stereocenters. The Morgan fingerprint density at radius 3 is 2.51 bits per heavy atom. The summed E-state index contributed by atoms with van der Waals surface area (Å²) in [6, 6.07) is 22.0. The molecule has 39 heavy (non-hydrogen) atoms. The van der Waals surface area contributed by atoms with Crippen molar-refractivity contribution in [1.29, 1.82) is 0 Å². The molecule has 1 fully saturated rings. The first-order valence-corrected chi connectivity index (χ1v) is 15.2. The van der Waals surface area contributed by atoms with E-state index in [1.165, 1.54) is 11.3 Å². The van der Waals surface area contributed by atoms with Crippen molar-refractivity contribution in [2.24, 2.45) is 0 Å². The number of aryl methyl sites for hydroxylation is 1. The largest absolute Gasteiger partial charge is 0.351 e. The first kappa shape index (κ1) is 26.1. The molecule has 3 heterocycles. The third-order valence-electron chi connectivity index (χ3n) is 8.41. The van der Waals surface area contributed by atoms with Crippen molar-refractivity contribution in [2.75, 3.05) is 6.54 Å². The van der Waals surface area contributed by atoms with E-state index in [9.17, 15) is 9.59 Å². The van der Waals surface area contributed by atoms with Gasteiger partial charge in [0, 0.05) is 22.5 Å². The Hall–Kier alpha value is -3.09. The molecule has 1 aliphatic heterocycles. The fraction of sp³-hybridized carbons (Fsp3) is 0.375. The van der Waals surface area contributed by atoms with Crippen LogP contribution in [0.25, 0.3) is 10.2 Å². The minimum Gasteiger partial charge on any atom is -0.351 e. The number of fused-ring (bicyclic) bond motifs is 3. The SMILES string of the molecule is CCc1cc2c(cc3n2CC(C(=O)NC2CCCCC2)(c2ccccc2)N(CCc2ccc(Cl)cc2)C3=O)s1. The summed E-state index contributed by atoms with van der Waals surface area (Å²) in [6.45, 7) is 2.96. The molecule has 7 heteroatoms. The zero-order valence-corrected chi connectivity index (χ0v) is 23.9. The molecule has 2 aromatic heterocycles. The van der Waals surface area contributed by atoms with E-state index in [-0.39, 0.29) is 17.9 Å². The number of nitrogens with zero attached hydrogens (tertiary/aromatic N) is 2. The number of benzene rings is 2. The van der Waals surface area contributed by atoms with Crippen molar-refractivity contribution in [1.82, 2.24) is 14.8 Å². The van der Waals surface area contributed by atoms with Crippen molar-refractivity contribution in [3.05, 3.63) is 93.5 Å². The zero-order valence-electron chi connectivity index (χ0n) is 22.3. The van der Waals surface area contributed by atoms with Crippen LogP contribution < -0.4 is 5.32 Å². The van der Waals surface area contributed by atoms with Gasteiger partial charge in [-0.3, -0.25) is 9.59 Å². The number of amides is 2. The molecule has 5 nitrogen and oxygen atoms in total. The number of carbonyl (C=O) groups excluding carboxylic acids is 2. The molecule has 0 radical (unpaired) electrons. The number of rotatable bonds is 7. The summed E-state index contributed by atoms with van der Waals surface area (Å²) >= 11 is 7.86. The van der Waals surface area contributed by atoms with E-state index in [0.29, 0.717) is 30.2 Å². The Bertz CT molecular complexity index is 1490. The van der Waals surface area contributed by atoms with Gasteiger partial charge in [-0.15, -0.1) is 11.3 Å². The van der Waals surface area contributed by atoms with Crippen molar-refractivity contribution in [3.63, 3.8) is 0 Å². The highest BCUT2D eigenvalue weighted by atomic mass is 35.5.